The molecule has 0 saturated carbocycles. The van der Waals surface area contributed by atoms with Gasteiger partial charge in [-0.05, 0) is 74.2 Å². The number of rotatable bonds is 4. The van der Waals surface area contributed by atoms with Crippen molar-refractivity contribution in [3.05, 3.63) is 67.6 Å². The van der Waals surface area contributed by atoms with Crippen LogP contribution < -0.4 is 5.32 Å². The van der Waals surface area contributed by atoms with Gasteiger partial charge in [0.05, 0.1) is 0 Å². The molecule has 2 aromatic rings. The molecular formula is C15H14Br2ClN. The second kappa shape index (κ2) is 6.89. The van der Waals surface area contributed by atoms with Gasteiger partial charge >= 0.3 is 0 Å². The molecule has 2 rings (SSSR count). The fourth-order valence-corrected chi connectivity index (χ4v) is 2.69. The molecular weight excluding hydrogens is 389 g/mol. The van der Waals surface area contributed by atoms with E-state index in [0.717, 1.165) is 20.5 Å². The highest BCUT2D eigenvalue weighted by molar-refractivity contribution is 9.13. The predicted molar refractivity (Wildman–Crippen MR) is 88.5 cm³/mol. The summed E-state index contributed by atoms with van der Waals surface area (Å²) in [6.07, 6.45) is 0. The van der Waals surface area contributed by atoms with E-state index < -0.39 is 0 Å². The normalized spacial score (nSPS) is 12.4. The Morgan fingerprint density at radius 1 is 1.11 bits per heavy atom. The molecule has 0 aliphatic heterocycles. The molecule has 100 valence electrons. The van der Waals surface area contributed by atoms with Crippen molar-refractivity contribution in [2.24, 2.45) is 0 Å². The van der Waals surface area contributed by atoms with Crippen molar-refractivity contribution >= 4 is 43.5 Å². The SMILES string of the molecule is C[C@H](NCc1ccc(Br)c(Br)c1)c1cccc(Cl)c1. The molecule has 0 aromatic heterocycles. The smallest absolute Gasteiger partial charge is 0.0409 e. The molecule has 0 aliphatic carbocycles. The third-order valence-corrected chi connectivity index (χ3v) is 5.06. The summed E-state index contributed by atoms with van der Waals surface area (Å²) in [5.41, 5.74) is 2.44. The molecule has 1 nitrogen and oxygen atoms in total. The largest absolute Gasteiger partial charge is 0.306 e. The fraction of sp³-hybridized carbons (Fsp3) is 0.200. The maximum atomic E-state index is 6.01. The van der Waals surface area contributed by atoms with Crippen LogP contribution in [-0.4, -0.2) is 0 Å². The van der Waals surface area contributed by atoms with Gasteiger partial charge in [-0.25, -0.2) is 0 Å². The van der Waals surface area contributed by atoms with Gasteiger partial charge in [-0.1, -0.05) is 29.8 Å². The summed E-state index contributed by atoms with van der Waals surface area (Å²) < 4.78 is 2.14. The zero-order valence-corrected chi connectivity index (χ0v) is 14.4. The first-order chi connectivity index (χ1) is 9.06. The van der Waals surface area contributed by atoms with E-state index in [1.54, 1.807) is 0 Å². The molecule has 0 fully saturated rings. The van der Waals surface area contributed by atoms with E-state index in [4.69, 9.17) is 11.6 Å². The summed E-state index contributed by atoms with van der Waals surface area (Å²) in [5.74, 6) is 0. The molecule has 0 unspecified atom stereocenters. The Morgan fingerprint density at radius 2 is 1.89 bits per heavy atom. The Balaban J connectivity index is 2.00. The van der Waals surface area contributed by atoms with Crippen LogP contribution in [0.5, 0.6) is 0 Å². The highest BCUT2D eigenvalue weighted by Gasteiger charge is 2.06. The molecule has 19 heavy (non-hydrogen) atoms. The fourth-order valence-electron chi connectivity index (χ4n) is 1.81. The molecule has 1 atom stereocenters. The average Bonchev–Trinajstić information content (AvgIpc) is 2.40. The first-order valence-electron chi connectivity index (χ1n) is 5.99. The van der Waals surface area contributed by atoms with Crippen LogP contribution in [0.3, 0.4) is 0 Å². The van der Waals surface area contributed by atoms with Crippen LogP contribution in [0, 0.1) is 0 Å². The summed E-state index contributed by atoms with van der Waals surface area (Å²) in [6.45, 7) is 2.96. The maximum Gasteiger partial charge on any atom is 0.0409 e. The number of halogens is 3. The van der Waals surface area contributed by atoms with Crippen molar-refractivity contribution in [3.63, 3.8) is 0 Å². The Kier molecular flexibility index (Phi) is 5.46. The standard InChI is InChI=1S/C15H14Br2ClN/c1-10(12-3-2-4-13(18)8-12)19-9-11-5-6-14(16)15(17)7-11/h2-8,10,19H,9H2,1H3/t10-/m0/s1. The lowest BCUT2D eigenvalue weighted by Crippen LogP contribution is -2.18. The minimum absolute atomic E-state index is 0.265. The van der Waals surface area contributed by atoms with Gasteiger partial charge in [0.25, 0.3) is 0 Å². The van der Waals surface area contributed by atoms with Crippen LogP contribution in [0.25, 0.3) is 0 Å². The quantitative estimate of drug-likeness (QED) is 0.689. The van der Waals surface area contributed by atoms with Crippen LogP contribution in [0.4, 0.5) is 0 Å². The van der Waals surface area contributed by atoms with Crippen LogP contribution in [0.15, 0.2) is 51.4 Å². The summed E-state index contributed by atoms with van der Waals surface area (Å²) in [7, 11) is 0. The lowest BCUT2D eigenvalue weighted by molar-refractivity contribution is 0.574. The monoisotopic (exact) mass is 401 g/mol. The van der Waals surface area contributed by atoms with Crippen LogP contribution in [0.2, 0.25) is 5.02 Å². The first kappa shape index (κ1) is 15.0. The average molecular weight is 404 g/mol. The molecule has 0 aliphatic rings. The molecule has 0 spiro atoms. The maximum absolute atomic E-state index is 6.01. The van der Waals surface area contributed by atoms with Crippen LogP contribution >= 0.6 is 43.5 Å². The van der Waals surface area contributed by atoms with Gasteiger partial charge in [-0.2, -0.15) is 0 Å². The third-order valence-electron chi connectivity index (χ3n) is 2.95. The van der Waals surface area contributed by atoms with Crippen molar-refractivity contribution < 1.29 is 0 Å². The summed E-state index contributed by atoms with van der Waals surface area (Å²) >= 11 is 13.0. The van der Waals surface area contributed by atoms with E-state index in [-0.39, 0.29) is 6.04 Å². The van der Waals surface area contributed by atoms with Crippen molar-refractivity contribution in [3.8, 4) is 0 Å². The van der Waals surface area contributed by atoms with E-state index in [1.165, 1.54) is 11.1 Å². The summed E-state index contributed by atoms with van der Waals surface area (Å²) in [5, 5.41) is 4.27. The first-order valence-corrected chi connectivity index (χ1v) is 7.95. The number of hydrogen-bond acceptors (Lipinski definition) is 1. The Labute approximate surface area is 135 Å². The van der Waals surface area contributed by atoms with E-state index in [0.29, 0.717) is 0 Å². The van der Waals surface area contributed by atoms with Gasteiger partial charge in [0, 0.05) is 26.6 Å². The third kappa shape index (κ3) is 4.32. The highest BCUT2D eigenvalue weighted by Crippen LogP contribution is 2.24. The molecule has 0 saturated heterocycles. The number of nitrogens with one attached hydrogen (secondary N) is 1. The van der Waals surface area contributed by atoms with Crippen molar-refractivity contribution in [1.29, 1.82) is 0 Å². The van der Waals surface area contributed by atoms with E-state index >= 15 is 0 Å². The summed E-state index contributed by atoms with van der Waals surface area (Å²) in [6, 6.07) is 14.5. The van der Waals surface area contributed by atoms with E-state index in [1.807, 2.05) is 24.3 Å². The van der Waals surface area contributed by atoms with Gasteiger partial charge in [0.15, 0.2) is 0 Å². The predicted octanol–water partition coefficient (Wildman–Crippen LogP) is 5.72. The van der Waals surface area contributed by atoms with Crippen LogP contribution in [0.1, 0.15) is 24.1 Å². The number of benzene rings is 2. The van der Waals surface area contributed by atoms with Gasteiger partial charge in [0.1, 0.15) is 0 Å². The Bertz CT molecular complexity index is 572. The lowest BCUT2D eigenvalue weighted by atomic mass is 10.1. The molecule has 0 bridgehead atoms. The Hall–Kier alpha value is -0.350. The minimum atomic E-state index is 0.265. The van der Waals surface area contributed by atoms with Gasteiger partial charge in [-0.15, -0.1) is 0 Å². The highest BCUT2D eigenvalue weighted by atomic mass is 79.9. The lowest BCUT2D eigenvalue weighted by Gasteiger charge is -2.15. The zero-order valence-electron chi connectivity index (χ0n) is 10.5. The molecule has 0 amide bonds. The van der Waals surface area contributed by atoms with Crippen molar-refractivity contribution in [2.75, 3.05) is 0 Å². The minimum Gasteiger partial charge on any atom is -0.306 e. The molecule has 0 heterocycles. The van der Waals surface area contributed by atoms with Crippen molar-refractivity contribution in [2.45, 2.75) is 19.5 Å². The van der Waals surface area contributed by atoms with Crippen LogP contribution in [-0.2, 0) is 6.54 Å². The van der Waals surface area contributed by atoms with Gasteiger partial charge < -0.3 is 5.32 Å². The second-order valence-corrected chi connectivity index (χ2v) is 6.55. The summed E-state index contributed by atoms with van der Waals surface area (Å²) in [4.78, 5) is 0. The van der Waals surface area contributed by atoms with Gasteiger partial charge in [-0.3, -0.25) is 0 Å². The molecule has 2 aromatic carbocycles. The second-order valence-electron chi connectivity index (χ2n) is 4.41. The molecule has 4 heteroatoms. The topological polar surface area (TPSA) is 12.0 Å². The number of hydrogen-bond donors (Lipinski definition) is 1. The zero-order chi connectivity index (χ0) is 13.8. The molecule has 0 radical (unpaired) electrons. The van der Waals surface area contributed by atoms with Crippen molar-refractivity contribution in [1.82, 2.24) is 5.32 Å². The molecule has 1 N–H and O–H groups in total. The van der Waals surface area contributed by atoms with Gasteiger partial charge in [0.2, 0.25) is 0 Å². The van der Waals surface area contributed by atoms with E-state index in [9.17, 15) is 0 Å². The van der Waals surface area contributed by atoms with E-state index in [2.05, 4.69) is 62.3 Å². The Morgan fingerprint density at radius 3 is 2.58 bits per heavy atom.